The fourth-order valence-corrected chi connectivity index (χ4v) is 4.25. The molecule has 0 spiro atoms. The largest absolute Gasteiger partial charge is 0.376 e. The summed E-state index contributed by atoms with van der Waals surface area (Å²) in [5, 5.41) is 5.01. The summed E-state index contributed by atoms with van der Waals surface area (Å²) >= 11 is 1.60. The molecule has 0 unspecified atom stereocenters. The molecule has 2 aliphatic rings. The second kappa shape index (κ2) is 6.79. The number of nitrogens with one attached hydrogen (secondary N) is 1. The number of thiophene rings is 1. The van der Waals surface area contributed by atoms with Gasteiger partial charge in [0.05, 0.1) is 18.1 Å². The predicted octanol–water partition coefficient (Wildman–Crippen LogP) is 1.95. The lowest BCUT2D eigenvalue weighted by Crippen LogP contribution is -2.47. The molecule has 3 atom stereocenters. The van der Waals surface area contributed by atoms with Crippen LogP contribution in [0.3, 0.4) is 0 Å². The Hall–Kier alpha value is -1.40. The van der Waals surface area contributed by atoms with Gasteiger partial charge in [-0.05, 0) is 30.7 Å². The summed E-state index contributed by atoms with van der Waals surface area (Å²) in [4.78, 5) is 27.4. The molecular formula is C16H22N2O3S. The van der Waals surface area contributed by atoms with Crippen LogP contribution >= 0.6 is 11.3 Å². The summed E-state index contributed by atoms with van der Waals surface area (Å²) in [6.45, 7) is 1.36. The van der Waals surface area contributed by atoms with Crippen molar-refractivity contribution in [2.75, 3.05) is 20.2 Å². The van der Waals surface area contributed by atoms with Crippen LogP contribution in [0.25, 0.3) is 0 Å². The average Bonchev–Trinajstić information content (AvgIpc) is 3.20. The van der Waals surface area contributed by atoms with Gasteiger partial charge in [0.2, 0.25) is 11.8 Å². The summed E-state index contributed by atoms with van der Waals surface area (Å²) < 4.78 is 5.55. The standard InChI is InChI=1S/C16H22N2O3S/c1-18-14(19)7-6-12(15(18)13-5-3-9-22-13)16(20)17-10-11-4-2-8-21-11/h3,5,9,11-12,15H,2,4,6-8,10H2,1H3,(H,17,20)/t11-,12+,15+/m1/s1. The maximum atomic E-state index is 12.6. The van der Waals surface area contributed by atoms with E-state index in [1.54, 1.807) is 23.3 Å². The lowest BCUT2D eigenvalue weighted by atomic mass is 9.87. The van der Waals surface area contributed by atoms with Gasteiger partial charge >= 0.3 is 0 Å². The zero-order valence-corrected chi connectivity index (χ0v) is 13.6. The highest BCUT2D eigenvalue weighted by Gasteiger charge is 2.39. The van der Waals surface area contributed by atoms with Crippen molar-refractivity contribution in [1.29, 1.82) is 0 Å². The Kier molecular flexibility index (Phi) is 4.78. The smallest absolute Gasteiger partial charge is 0.225 e. The normalized spacial score (nSPS) is 28.9. The molecule has 0 radical (unpaired) electrons. The van der Waals surface area contributed by atoms with Gasteiger partial charge in [-0.15, -0.1) is 11.3 Å². The van der Waals surface area contributed by atoms with Crippen molar-refractivity contribution in [2.45, 2.75) is 37.8 Å². The lowest BCUT2D eigenvalue weighted by Gasteiger charge is -2.37. The molecular weight excluding hydrogens is 300 g/mol. The van der Waals surface area contributed by atoms with Crippen LogP contribution < -0.4 is 5.32 Å². The lowest BCUT2D eigenvalue weighted by molar-refractivity contribution is -0.141. The Labute approximate surface area is 134 Å². The molecule has 0 bridgehead atoms. The third-order valence-corrected chi connectivity index (χ3v) is 5.50. The zero-order chi connectivity index (χ0) is 15.5. The summed E-state index contributed by atoms with van der Waals surface area (Å²) in [5.41, 5.74) is 0. The van der Waals surface area contributed by atoms with Crippen LogP contribution in [-0.4, -0.2) is 43.0 Å². The van der Waals surface area contributed by atoms with Gasteiger partial charge in [0.15, 0.2) is 0 Å². The van der Waals surface area contributed by atoms with E-state index >= 15 is 0 Å². The molecule has 1 aromatic rings. The van der Waals surface area contributed by atoms with Gasteiger partial charge in [-0.2, -0.15) is 0 Å². The topological polar surface area (TPSA) is 58.6 Å². The third kappa shape index (κ3) is 3.17. The van der Waals surface area contributed by atoms with E-state index < -0.39 is 0 Å². The number of likely N-dealkylation sites (tertiary alicyclic amines) is 1. The highest BCUT2D eigenvalue weighted by Crippen LogP contribution is 2.37. The number of nitrogens with zero attached hydrogens (tertiary/aromatic N) is 1. The molecule has 3 heterocycles. The van der Waals surface area contributed by atoms with Gasteiger partial charge in [0, 0.05) is 31.5 Å². The number of rotatable bonds is 4. The number of hydrogen-bond acceptors (Lipinski definition) is 4. The molecule has 6 heteroatoms. The molecule has 0 aliphatic carbocycles. The average molecular weight is 322 g/mol. The molecule has 2 aliphatic heterocycles. The Morgan fingerprint density at radius 3 is 3.05 bits per heavy atom. The number of carbonyl (C=O) groups is 2. The van der Waals surface area contributed by atoms with Gasteiger partial charge in [-0.3, -0.25) is 9.59 Å². The van der Waals surface area contributed by atoms with Crippen LogP contribution in [0.2, 0.25) is 0 Å². The van der Waals surface area contributed by atoms with Gasteiger partial charge in [-0.1, -0.05) is 6.07 Å². The van der Waals surface area contributed by atoms with Crippen molar-refractivity contribution in [1.82, 2.24) is 10.2 Å². The van der Waals surface area contributed by atoms with Crippen molar-refractivity contribution >= 4 is 23.2 Å². The minimum absolute atomic E-state index is 0.0354. The minimum atomic E-state index is -0.178. The van der Waals surface area contributed by atoms with Crippen molar-refractivity contribution in [3.63, 3.8) is 0 Å². The second-order valence-corrected chi connectivity index (χ2v) is 6.97. The van der Waals surface area contributed by atoms with E-state index in [-0.39, 0.29) is 29.9 Å². The van der Waals surface area contributed by atoms with E-state index in [0.29, 0.717) is 19.4 Å². The molecule has 2 fully saturated rings. The summed E-state index contributed by atoms with van der Waals surface area (Å²) in [6.07, 6.45) is 3.28. The van der Waals surface area contributed by atoms with Crippen molar-refractivity contribution in [2.24, 2.45) is 5.92 Å². The predicted molar refractivity (Wildman–Crippen MR) is 84.5 cm³/mol. The minimum Gasteiger partial charge on any atom is -0.376 e. The number of carbonyl (C=O) groups excluding carboxylic acids is 2. The number of ether oxygens (including phenoxy) is 1. The summed E-state index contributed by atoms with van der Waals surface area (Å²) in [7, 11) is 1.80. The van der Waals surface area contributed by atoms with Gasteiger partial charge in [0.1, 0.15) is 0 Å². The number of amides is 2. The van der Waals surface area contributed by atoms with Crippen molar-refractivity contribution in [3.05, 3.63) is 22.4 Å². The Bertz CT molecular complexity index is 526. The van der Waals surface area contributed by atoms with Crippen LogP contribution in [0.1, 0.15) is 36.6 Å². The molecule has 1 aromatic heterocycles. The first-order valence-electron chi connectivity index (χ1n) is 7.85. The molecule has 0 aromatic carbocycles. The second-order valence-electron chi connectivity index (χ2n) is 5.99. The molecule has 0 saturated carbocycles. The molecule has 22 heavy (non-hydrogen) atoms. The molecule has 1 N–H and O–H groups in total. The molecule has 2 amide bonds. The molecule has 2 saturated heterocycles. The quantitative estimate of drug-likeness (QED) is 0.922. The van der Waals surface area contributed by atoms with E-state index in [2.05, 4.69) is 5.32 Å². The number of piperidine rings is 1. The fourth-order valence-electron chi connectivity index (χ4n) is 3.31. The van der Waals surface area contributed by atoms with E-state index in [1.165, 1.54) is 0 Å². The SMILES string of the molecule is CN1C(=O)CC[C@H](C(=O)NC[C@H]2CCCO2)[C@H]1c1cccs1. The first kappa shape index (κ1) is 15.5. The maximum Gasteiger partial charge on any atom is 0.225 e. The summed E-state index contributed by atoms with van der Waals surface area (Å²) in [6, 6.07) is 3.82. The van der Waals surface area contributed by atoms with Crippen molar-refractivity contribution in [3.8, 4) is 0 Å². The van der Waals surface area contributed by atoms with Gasteiger partial charge in [0.25, 0.3) is 0 Å². The van der Waals surface area contributed by atoms with Crippen LogP contribution in [0, 0.1) is 5.92 Å². The Morgan fingerprint density at radius 2 is 2.36 bits per heavy atom. The first-order chi connectivity index (χ1) is 10.7. The van der Waals surface area contributed by atoms with Crippen LogP contribution in [0.4, 0.5) is 0 Å². The Balaban J connectivity index is 1.69. The maximum absolute atomic E-state index is 12.6. The summed E-state index contributed by atoms with van der Waals surface area (Å²) in [5.74, 6) is -0.0300. The van der Waals surface area contributed by atoms with E-state index in [4.69, 9.17) is 4.74 Å². The van der Waals surface area contributed by atoms with Crippen LogP contribution in [0.5, 0.6) is 0 Å². The van der Waals surface area contributed by atoms with E-state index in [0.717, 1.165) is 24.3 Å². The van der Waals surface area contributed by atoms with Gasteiger partial charge < -0.3 is 15.0 Å². The number of hydrogen-bond donors (Lipinski definition) is 1. The van der Waals surface area contributed by atoms with E-state index in [1.807, 2.05) is 17.5 Å². The fraction of sp³-hybridized carbons (Fsp3) is 0.625. The zero-order valence-electron chi connectivity index (χ0n) is 12.8. The van der Waals surface area contributed by atoms with Crippen LogP contribution in [0.15, 0.2) is 17.5 Å². The highest BCUT2D eigenvalue weighted by molar-refractivity contribution is 7.10. The monoisotopic (exact) mass is 322 g/mol. The van der Waals surface area contributed by atoms with Crippen LogP contribution in [-0.2, 0) is 14.3 Å². The van der Waals surface area contributed by atoms with E-state index in [9.17, 15) is 9.59 Å². The molecule has 120 valence electrons. The van der Waals surface area contributed by atoms with Crippen molar-refractivity contribution < 1.29 is 14.3 Å². The molecule has 3 rings (SSSR count). The first-order valence-corrected chi connectivity index (χ1v) is 8.73. The highest BCUT2D eigenvalue weighted by atomic mass is 32.1. The Morgan fingerprint density at radius 1 is 1.50 bits per heavy atom. The molecule has 5 nitrogen and oxygen atoms in total. The third-order valence-electron chi connectivity index (χ3n) is 4.56. The van der Waals surface area contributed by atoms with Gasteiger partial charge in [-0.25, -0.2) is 0 Å².